The summed E-state index contributed by atoms with van der Waals surface area (Å²) in [5, 5.41) is 0. The standard InChI is InChI=1S/C15H30BN2O2S/c1-7-9-13(19-8-2)18-11-12(10-17)16-20-14(3,4)15(5,6)21/h10-11,13,21H,7-9,17H2,1-6H3/b12-10+,18-11+. The van der Waals surface area contributed by atoms with Gasteiger partial charge in [0, 0.05) is 17.6 Å². The van der Waals surface area contributed by atoms with E-state index in [0.29, 0.717) is 12.1 Å². The zero-order valence-corrected chi connectivity index (χ0v) is 15.1. The number of hydrogen-bond donors (Lipinski definition) is 2. The topological polar surface area (TPSA) is 56.8 Å². The van der Waals surface area contributed by atoms with E-state index in [4.69, 9.17) is 15.1 Å². The molecule has 0 aliphatic heterocycles. The summed E-state index contributed by atoms with van der Waals surface area (Å²) >= 11 is 4.56. The molecule has 0 fully saturated rings. The summed E-state index contributed by atoms with van der Waals surface area (Å²) in [7, 11) is 1.62. The van der Waals surface area contributed by atoms with E-state index >= 15 is 0 Å². The quantitative estimate of drug-likeness (QED) is 0.370. The number of aliphatic imine (C=N–C) groups is 1. The van der Waals surface area contributed by atoms with Crippen LogP contribution in [0.15, 0.2) is 16.7 Å². The van der Waals surface area contributed by atoms with Crippen LogP contribution in [-0.2, 0) is 9.39 Å². The van der Waals surface area contributed by atoms with E-state index in [0.717, 1.165) is 12.8 Å². The highest BCUT2D eigenvalue weighted by Gasteiger charge is 2.34. The molecule has 6 heteroatoms. The first-order valence-corrected chi connectivity index (χ1v) is 7.92. The van der Waals surface area contributed by atoms with Gasteiger partial charge < -0.3 is 15.1 Å². The smallest absolute Gasteiger partial charge is 0.333 e. The maximum absolute atomic E-state index is 5.82. The number of thiol groups is 1. The second-order valence-electron chi connectivity index (χ2n) is 5.95. The third kappa shape index (κ3) is 7.93. The van der Waals surface area contributed by atoms with Crippen molar-refractivity contribution in [1.82, 2.24) is 0 Å². The minimum atomic E-state index is -0.430. The molecule has 0 spiro atoms. The van der Waals surface area contributed by atoms with Crippen LogP contribution in [0.3, 0.4) is 0 Å². The van der Waals surface area contributed by atoms with Crippen molar-refractivity contribution in [2.24, 2.45) is 10.7 Å². The Labute approximate surface area is 136 Å². The van der Waals surface area contributed by atoms with Crippen LogP contribution in [0.4, 0.5) is 0 Å². The fourth-order valence-electron chi connectivity index (χ4n) is 1.28. The fourth-order valence-corrected chi connectivity index (χ4v) is 1.33. The number of hydrogen-bond acceptors (Lipinski definition) is 5. The van der Waals surface area contributed by atoms with Crippen LogP contribution in [-0.4, -0.2) is 36.9 Å². The van der Waals surface area contributed by atoms with Gasteiger partial charge in [-0.25, -0.2) is 0 Å². The molecule has 1 unspecified atom stereocenters. The predicted octanol–water partition coefficient (Wildman–Crippen LogP) is 3.14. The molecule has 0 heterocycles. The molecule has 0 saturated carbocycles. The summed E-state index contributed by atoms with van der Waals surface area (Å²) < 4.78 is 11.1. The number of allylic oxidation sites excluding steroid dienone is 1. The third-order valence-corrected chi connectivity index (χ3v) is 3.98. The van der Waals surface area contributed by atoms with Crippen molar-refractivity contribution < 1.29 is 9.39 Å². The molecule has 0 aliphatic carbocycles. The number of nitrogens with two attached hydrogens (primary N) is 1. The molecule has 1 atom stereocenters. The summed E-state index contributed by atoms with van der Waals surface area (Å²) in [6, 6.07) is 0. The first-order valence-electron chi connectivity index (χ1n) is 7.48. The van der Waals surface area contributed by atoms with Crippen LogP contribution in [0, 0.1) is 0 Å². The predicted molar refractivity (Wildman–Crippen MR) is 95.1 cm³/mol. The van der Waals surface area contributed by atoms with Gasteiger partial charge in [0.25, 0.3) is 0 Å². The van der Waals surface area contributed by atoms with Crippen molar-refractivity contribution in [3.63, 3.8) is 0 Å². The minimum Gasteiger partial charge on any atom is -0.428 e. The first kappa shape index (κ1) is 20.5. The lowest BCUT2D eigenvalue weighted by Crippen LogP contribution is -2.44. The van der Waals surface area contributed by atoms with Gasteiger partial charge >= 0.3 is 7.48 Å². The lowest BCUT2D eigenvalue weighted by Gasteiger charge is -2.38. The average molecular weight is 313 g/mol. The van der Waals surface area contributed by atoms with Gasteiger partial charge in [-0.2, -0.15) is 12.6 Å². The molecule has 0 bridgehead atoms. The lowest BCUT2D eigenvalue weighted by atomic mass is 9.84. The van der Waals surface area contributed by atoms with E-state index < -0.39 is 5.60 Å². The van der Waals surface area contributed by atoms with Gasteiger partial charge in [0.15, 0.2) is 0 Å². The lowest BCUT2D eigenvalue weighted by molar-refractivity contribution is 0.0634. The second-order valence-corrected chi connectivity index (χ2v) is 7.07. The normalized spacial score (nSPS) is 15.5. The Morgan fingerprint density at radius 2 is 1.95 bits per heavy atom. The number of nitrogens with zero attached hydrogens (tertiary/aromatic N) is 1. The third-order valence-electron chi connectivity index (χ3n) is 3.44. The van der Waals surface area contributed by atoms with Crippen LogP contribution in [0.25, 0.3) is 0 Å². The number of ether oxygens (including phenoxy) is 1. The van der Waals surface area contributed by atoms with Gasteiger partial charge in [-0.05, 0) is 52.7 Å². The highest BCUT2D eigenvalue weighted by atomic mass is 32.1. The van der Waals surface area contributed by atoms with E-state index in [1.165, 1.54) is 6.20 Å². The highest BCUT2D eigenvalue weighted by Crippen LogP contribution is 2.30. The van der Waals surface area contributed by atoms with Crippen LogP contribution in [0.1, 0.15) is 54.4 Å². The van der Waals surface area contributed by atoms with Crippen molar-refractivity contribution in [3.8, 4) is 0 Å². The van der Waals surface area contributed by atoms with E-state index in [1.54, 1.807) is 13.7 Å². The Bertz CT molecular complexity index is 346. The number of rotatable bonds is 10. The summed E-state index contributed by atoms with van der Waals surface area (Å²) in [6.45, 7) is 12.7. The molecule has 0 amide bonds. The molecule has 0 aromatic heterocycles. The molecule has 0 saturated heterocycles. The Morgan fingerprint density at radius 1 is 1.33 bits per heavy atom. The van der Waals surface area contributed by atoms with Gasteiger partial charge in [-0.15, -0.1) is 0 Å². The van der Waals surface area contributed by atoms with Crippen molar-refractivity contribution in [3.05, 3.63) is 11.7 Å². The van der Waals surface area contributed by atoms with E-state index in [9.17, 15) is 0 Å². The zero-order valence-electron chi connectivity index (χ0n) is 14.2. The maximum atomic E-state index is 5.82. The molecule has 0 rings (SSSR count). The van der Waals surface area contributed by atoms with Gasteiger partial charge in [0.2, 0.25) is 0 Å². The molecule has 0 aliphatic rings. The monoisotopic (exact) mass is 313 g/mol. The minimum absolute atomic E-state index is 0.127. The summed E-state index contributed by atoms with van der Waals surface area (Å²) in [4.78, 5) is 4.41. The molecular formula is C15H30BN2O2S. The van der Waals surface area contributed by atoms with Crippen LogP contribution in [0.2, 0.25) is 0 Å². The molecule has 0 aromatic rings. The largest absolute Gasteiger partial charge is 0.428 e. The van der Waals surface area contributed by atoms with E-state index in [1.807, 2.05) is 34.6 Å². The Kier molecular flexibility index (Phi) is 9.33. The van der Waals surface area contributed by atoms with Crippen molar-refractivity contribution >= 4 is 26.3 Å². The van der Waals surface area contributed by atoms with Gasteiger partial charge in [-0.3, -0.25) is 4.99 Å². The van der Waals surface area contributed by atoms with Crippen molar-refractivity contribution in [1.29, 1.82) is 0 Å². The molecule has 1 radical (unpaired) electrons. The summed E-state index contributed by atoms with van der Waals surface area (Å²) in [5.74, 6) is 0. The molecule has 4 nitrogen and oxygen atoms in total. The maximum Gasteiger partial charge on any atom is 0.333 e. The van der Waals surface area contributed by atoms with Crippen molar-refractivity contribution in [2.75, 3.05) is 6.61 Å². The Morgan fingerprint density at radius 3 is 2.38 bits per heavy atom. The van der Waals surface area contributed by atoms with Crippen LogP contribution >= 0.6 is 12.6 Å². The summed E-state index contributed by atoms with van der Waals surface area (Å²) in [6.07, 6.45) is 4.94. The van der Waals surface area contributed by atoms with Crippen molar-refractivity contribution in [2.45, 2.75) is 71.0 Å². The molecular weight excluding hydrogens is 283 g/mol. The van der Waals surface area contributed by atoms with Gasteiger partial charge in [0.05, 0.1) is 5.60 Å². The van der Waals surface area contributed by atoms with E-state index in [2.05, 4.69) is 24.5 Å². The van der Waals surface area contributed by atoms with E-state index in [-0.39, 0.29) is 11.0 Å². The Hall–Kier alpha value is -0.455. The SMILES string of the molecule is CCCC(/N=C/C([B]OC(C)(C)C(C)(C)S)=C\N)OCC. The van der Waals surface area contributed by atoms with Gasteiger partial charge in [-0.1, -0.05) is 13.3 Å². The fraction of sp³-hybridized carbons (Fsp3) is 0.800. The molecule has 2 N–H and O–H groups in total. The zero-order chi connectivity index (χ0) is 16.5. The highest BCUT2D eigenvalue weighted by molar-refractivity contribution is 7.81. The molecule has 21 heavy (non-hydrogen) atoms. The Balaban J connectivity index is 4.60. The average Bonchev–Trinajstić information content (AvgIpc) is 2.37. The molecule has 121 valence electrons. The summed E-state index contributed by atoms with van der Waals surface area (Å²) in [5.41, 5.74) is 5.90. The second kappa shape index (κ2) is 9.54. The van der Waals surface area contributed by atoms with Crippen LogP contribution < -0.4 is 5.73 Å². The van der Waals surface area contributed by atoms with Crippen LogP contribution in [0.5, 0.6) is 0 Å². The molecule has 0 aromatic carbocycles. The first-order chi connectivity index (χ1) is 9.67. The van der Waals surface area contributed by atoms with Gasteiger partial charge in [0.1, 0.15) is 6.23 Å².